The first kappa shape index (κ1) is 5.83. The van der Waals surface area contributed by atoms with Crippen LogP contribution in [0, 0.1) is 0 Å². The molecule has 0 saturated heterocycles. The molecule has 0 amide bonds. The zero-order chi connectivity index (χ0) is 5.98. The predicted molar refractivity (Wildman–Crippen MR) is 36.3 cm³/mol. The first-order valence-corrected chi connectivity index (χ1v) is 3.06. The van der Waals surface area contributed by atoms with Crippen molar-refractivity contribution in [3.05, 3.63) is 11.8 Å². The average molecular weight is 130 g/mol. The maximum absolute atomic E-state index is 5.62. The second kappa shape index (κ2) is 2.31. The van der Waals surface area contributed by atoms with Gasteiger partial charge in [0, 0.05) is 12.1 Å². The highest BCUT2D eigenvalue weighted by Crippen LogP contribution is 2.11. The fourth-order valence-electron chi connectivity index (χ4n) is 0.693. The molecule has 0 unspecified atom stereocenters. The molecule has 1 aliphatic rings. The minimum atomic E-state index is 0.741. The molecule has 0 radical (unpaired) electrons. The molecule has 0 bridgehead atoms. The summed E-state index contributed by atoms with van der Waals surface area (Å²) in [5.74, 6) is 0. The van der Waals surface area contributed by atoms with Gasteiger partial charge in [-0.15, -0.1) is 0 Å². The summed E-state index contributed by atoms with van der Waals surface area (Å²) < 4.78 is 0. The van der Waals surface area contributed by atoms with Crippen LogP contribution in [0.4, 0.5) is 0 Å². The lowest BCUT2D eigenvalue weighted by Crippen LogP contribution is -1.91. The Morgan fingerprint density at radius 2 is 2.50 bits per heavy atom. The van der Waals surface area contributed by atoms with Gasteiger partial charge in [0.25, 0.3) is 0 Å². The molecule has 0 saturated carbocycles. The lowest BCUT2D eigenvalue weighted by Gasteiger charge is -2.01. The second-order valence-electron chi connectivity index (χ2n) is 1.87. The van der Waals surface area contributed by atoms with E-state index in [9.17, 15) is 0 Å². The van der Waals surface area contributed by atoms with Gasteiger partial charge in [-0.25, -0.2) is 4.99 Å². The molecule has 0 aliphatic carbocycles. The molecule has 2 heteroatoms. The third-order valence-electron chi connectivity index (χ3n) is 1.09. The number of hydrogen-bond donors (Lipinski definition) is 0. The molecule has 1 aliphatic heterocycles. The van der Waals surface area contributed by atoms with Gasteiger partial charge in [0.1, 0.15) is 5.17 Å². The van der Waals surface area contributed by atoms with Crippen LogP contribution >= 0.6 is 11.6 Å². The first-order chi connectivity index (χ1) is 3.79. The fraction of sp³-hybridized carbons (Fsp3) is 0.500. The molecule has 0 aromatic rings. The van der Waals surface area contributed by atoms with Crippen molar-refractivity contribution in [3.63, 3.8) is 0 Å². The number of rotatable bonds is 0. The Hall–Kier alpha value is -0.300. The van der Waals surface area contributed by atoms with Crippen LogP contribution in [0.25, 0.3) is 0 Å². The molecule has 8 heavy (non-hydrogen) atoms. The molecule has 44 valence electrons. The van der Waals surface area contributed by atoms with Crippen molar-refractivity contribution < 1.29 is 0 Å². The monoisotopic (exact) mass is 129 g/mol. The Bertz CT molecular complexity index is 147. The summed E-state index contributed by atoms with van der Waals surface area (Å²) in [4.78, 5) is 4.03. The summed E-state index contributed by atoms with van der Waals surface area (Å²) in [6, 6.07) is 0. The smallest absolute Gasteiger partial charge is 0.106 e. The Balaban J connectivity index is 2.69. The van der Waals surface area contributed by atoms with E-state index >= 15 is 0 Å². The number of aliphatic imine (C=N–C) groups is 1. The molecule has 0 aromatic heterocycles. The van der Waals surface area contributed by atoms with Crippen LogP contribution < -0.4 is 0 Å². The molecule has 0 fully saturated rings. The highest BCUT2D eigenvalue weighted by Gasteiger charge is 1.98. The second-order valence-corrected chi connectivity index (χ2v) is 2.31. The van der Waals surface area contributed by atoms with Crippen LogP contribution in [0.5, 0.6) is 0 Å². The summed E-state index contributed by atoms with van der Waals surface area (Å²) in [5.41, 5.74) is 1.04. The minimum Gasteiger partial charge on any atom is -0.246 e. The van der Waals surface area contributed by atoms with E-state index in [4.69, 9.17) is 11.6 Å². The van der Waals surface area contributed by atoms with E-state index in [-0.39, 0.29) is 0 Å². The van der Waals surface area contributed by atoms with Crippen LogP contribution in [0.2, 0.25) is 0 Å². The van der Waals surface area contributed by atoms with Gasteiger partial charge in [0.15, 0.2) is 0 Å². The molecular formula is C6H8ClN. The van der Waals surface area contributed by atoms with E-state index < -0.39 is 0 Å². The lowest BCUT2D eigenvalue weighted by atomic mass is 10.2. The Morgan fingerprint density at radius 1 is 1.75 bits per heavy atom. The van der Waals surface area contributed by atoms with Crippen molar-refractivity contribution in [3.8, 4) is 0 Å². The van der Waals surface area contributed by atoms with Crippen molar-refractivity contribution >= 4 is 16.8 Å². The molecule has 0 aromatic carbocycles. The van der Waals surface area contributed by atoms with E-state index in [0.29, 0.717) is 0 Å². The number of halogens is 1. The van der Waals surface area contributed by atoms with Crippen molar-refractivity contribution in [2.45, 2.75) is 19.8 Å². The minimum absolute atomic E-state index is 0.741. The zero-order valence-corrected chi connectivity index (χ0v) is 5.57. The van der Waals surface area contributed by atoms with Crippen LogP contribution in [0.15, 0.2) is 16.8 Å². The van der Waals surface area contributed by atoms with Gasteiger partial charge < -0.3 is 0 Å². The van der Waals surface area contributed by atoms with Gasteiger partial charge in [0.2, 0.25) is 0 Å². The third-order valence-corrected chi connectivity index (χ3v) is 1.36. The Morgan fingerprint density at radius 3 is 2.88 bits per heavy atom. The van der Waals surface area contributed by atoms with Crippen LogP contribution in [-0.2, 0) is 0 Å². The molecule has 1 heterocycles. The lowest BCUT2D eigenvalue weighted by molar-refractivity contribution is 1.03. The molecule has 1 nitrogen and oxygen atoms in total. The van der Waals surface area contributed by atoms with Gasteiger partial charge in [-0.05, 0) is 13.3 Å². The van der Waals surface area contributed by atoms with Crippen LogP contribution in [0.3, 0.4) is 0 Å². The largest absolute Gasteiger partial charge is 0.246 e. The van der Waals surface area contributed by atoms with Gasteiger partial charge in [-0.2, -0.15) is 0 Å². The van der Waals surface area contributed by atoms with E-state index in [0.717, 1.165) is 23.7 Å². The maximum Gasteiger partial charge on any atom is 0.106 e. The summed E-state index contributed by atoms with van der Waals surface area (Å²) in [5, 5.41) is 0.741. The van der Waals surface area contributed by atoms with E-state index in [2.05, 4.69) is 11.1 Å². The standard InChI is InChI=1S/C6H8ClN/c1-5-3-2-4-6(7)8-5/h3H,2,4H2,1H3. The fourth-order valence-corrected chi connectivity index (χ4v) is 0.935. The first-order valence-electron chi connectivity index (χ1n) is 2.69. The quantitative estimate of drug-likeness (QED) is 0.476. The number of allylic oxidation sites excluding steroid dienone is 2. The summed E-state index contributed by atoms with van der Waals surface area (Å²) >= 11 is 5.62. The van der Waals surface area contributed by atoms with Crippen molar-refractivity contribution in [1.29, 1.82) is 0 Å². The van der Waals surface area contributed by atoms with Crippen LogP contribution in [0.1, 0.15) is 19.8 Å². The highest BCUT2D eigenvalue weighted by atomic mass is 35.5. The Kier molecular flexibility index (Phi) is 1.69. The van der Waals surface area contributed by atoms with Gasteiger partial charge in [-0.3, -0.25) is 0 Å². The summed E-state index contributed by atoms with van der Waals surface area (Å²) in [7, 11) is 0. The van der Waals surface area contributed by atoms with Crippen molar-refractivity contribution in [2.24, 2.45) is 4.99 Å². The van der Waals surface area contributed by atoms with E-state index in [1.165, 1.54) is 0 Å². The molecule has 0 atom stereocenters. The highest BCUT2D eigenvalue weighted by molar-refractivity contribution is 6.65. The summed E-state index contributed by atoms with van der Waals surface area (Å²) in [6.45, 7) is 1.96. The van der Waals surface area contributed by atoms with E-state index in [1.54, 1.807) is 0 Å². The van der Waals surface area contributed by atoms with Gasteiger partial charge >= 0.3 is 0 Å². The van der Waals surface area contributed by atoms with Crippen molar-refractivity contribution in [2.75, 3.05) is 0 Å². The van der Waals surface area contributed by atoms with Gasteiger partial charge in [0.05, 0.1) is 0 Å². The number of hydrogen-bond acceptors (Lipinski definition) is 1. The SMILES string of the molecule is CC1=CCCC(Cl)=N1. The van der Waals surface area contributed by atoms with E-state index in [1.807, 2.05) is 6.92 Å². The maximum atomic E-state index is 5.62. The normalized spacial score (nSPS) is 19.8. The number of nitrogens with zero attached hydrogens (tertiary/aromatic N) is 1. The zero-order valence-electron chi connectivity index (χ0n) is 4.82. The molecule has 0 N–H and O–H groups in total. The Labute approximate surface area is 54.1 Å². The van der Waals surface area contributed by atoms with Crippen LogP contribution in [-0.4, -0.2) is 5.17 Å². The van der Waals surface area contributed by atoms with Crippen molar-refractivity contribution in [1.82, 2.24) is 0 Å². The average Bonchev–Trinajstić information content (AvgIpc) is 1.64. The summed E-state index contributed by atoms with van der Waals surface area (Å²) in [6.07, 6.45) is 4.05. The topological polar surface area (TPSA) is 12.4 Å². The predicted octanol–water partition coefficient (Wildman–Crippen LogP) is 2.32. The van der Waals surface area contributed by atoms with Gasteiger partial charge in [-0.1, -0.05) is 17.7 Å². The molecular weight excluding hydrogens is 122 g/mol. The molecule has 0 spiro atoms. The third kappa shape index (κ3) is 1.34. The molecule has 1 rings (SSSR count).